The highest BCUT2D eigenvalue weighted by atomic mass is 19.4. The van der Waals surface area contributed by atoms with Gasteiger partial charge in [-0.05, 0) is 61.0 Å². The Morgan fingerprint density at radius 2 is 1.75 bits per heavy atom. The Hall–Kier alpha value is -3.81. The van der Waals surface area contributed by atoms with Gasteiger partial charge in [0.05, 0.1) is 0 Å². The Morgan fingerprint density at radius 3 is 2.28 bits per heavy atom. The molecule has 10 heteroatoms. The first-order chi connectivity index (χ1) is 15.1. The molecule has 2 aromatic carbocycles. The van der Waals surface area contributed by atoms with Crippen molar-refractivity contribution in [3.63, 3.8) is 0 Å². The van der Waals surface area contributed by atoms with Crippen molar-refractivity contribution < 1.29 is 32.7 Å². The molecule has 0 unspecified atom stereocenters. The Balaban J connectivity index is 1.97. The molecule has 0 fully saturated rings. The Morgan fingerprint density at radius 1 is 1.12 bits per heavy atom. The van der Waals surface area contributed by atoms with E-state index in [1.54, 1.807) is 24.3 Å². The summed E-state index contributed by atoms with van der Waals surface area (Å²) in [4.78, 5) is 23.8. The van der Waals surface area contributed by atoms with Crippen molar-refractivity contribution in [3.8, 4) is 17.6 Å². The normalized spacial score (nSPS) is 12.9. The van der Waals surface area contributed by atoms with Gasteiger partial charge in [-0.3, -0.25) is 14.8 Å². The fourth-order valence-electron chi connectivity index (χ4n) is 2.48. The van der Waals surface area contributed by atoms with Gasteiger partial charge in [0, 0.05) is 17.2 Å². The molecular formula is C22H20F3N3O4. The van der Waals surface area contributed by atoms with E-state index in [9.17, 15) is 22.8 Å². The summed E-state index contributed by atoms with van der Waals surface area (Å²) in [6.45, 7) is 1.51. The van der Waals surface area contributed by atoms with Crippen LogP contribution in [0.3, 0.4) is 0 Å². The van der Waals surface area contributed by atoms with Crippen LogP contribution in [0, 0.1) is 11.8 Å². The lowest BCUT2D eigenvalue weighted by molar-refractivity contribution is -0.274. The number of allylic oxidation sites excluding steroid dienone is 1. The molecular weight excluding hydrogens is 427 g/mol. The number of rotatable bonds is 6. The third kappa shape index (κ3) is 7.79. The summed E-state index contributed by atoms with van der Waals surface area (Å²) in [5, 5.41) is 11.2. The molecule has 0 aromatic heterocycles. The number of carbonyl (C=O) groups excluding carboxylic acids is 2. The molecule has 0 aliphatic rings. The van der Waals surface area contributed by atoms with Crippen LogP contribution in [-0.4, -0.2) is 35.5 Å². The van der Waals surface area contributed by atoms with Crippen molar-refractivity contribution in [3.05, 3.63) is 71.3 Å². The van der Waals surface area contributed by atoms with Gasteiger partial charge in [0.1, 0.15) is 11.8 Å². The van der Waals surface area contributed by atoms with E-state index in [-0.39, 0.29) is 11.3 Å². The molecule has 32 heavy (non-hydrogen) atoms. The number of carbonyl (C=O) groups is 2. The number of hydrogen-bond donors (Lipinski definition) is 4. The zero-order chi connectivity index (χ0) is 23.7. The maximum atomic E-state index is 12.3. The van der Waals surface area contributed by atoms with Crippen molar-refractivity contribution in [2.75, 3.05) is 0 Å². The molecule has 0 spiro atoms. The van der Waals surface area contributed by atoms with Crippen molar-refractivity contribution in [2.24, 2.45) is 5.73 Å². The van der Waals surface area contributed by atoms with Crippen LogP contribution in [0.1, 0.15) is 28.4 Å². The number of amides is 2. The summed E-state index contributed by atoms with van der Waals surface area (Å²) in [6, 6.07) is 9.72. The summed E-state index contributed by atoms with van der Waals surface area (Å²) in [5.74, 6) is 3.84. The summed E-state index contributed by atoms with van der Waals surface area (Å²) in [7, 11) is 0. The number of ether oxygens (including phenoxy) is 1. The van der Waals surface area contributed by atoms with Crippen molar-refractivity contribution in [1.29, 1.82) is 0 Å². The van der Waals surface area contributed by atoms with Crippen molar-refractivity contribution in [1.82, 2.24) is 10.8 Å². The molecule has 0 bridgehead atoms. The van der Waals surface area contributed by atoms with Crippen LogP contribution in [0.15, 0.2) is 54.6 Å². The second-order valence-electron chi connectivity index (χ2n) is 6.58. The van der Waals surface area contributed by atoms with Gasteiger partial charge in [0.2, 0.25) is 0 Å². The molecule has 7 nitrogen and oxygen atoms in total. The van der Waals surface area contributed by atoms with Crippen molar-refractivity contribution in [2.45, 2.75) is 25.4 Å². The van der Waals surface area contributed by atoms with Gasteiger partial charge in [-0.2, -0.15) is 0 Å². The van der Waals surface area contributed by atoms with E-state index in [2.05, 4.69) is 21.9 Å². The predicted octanol–water partition coefficient (Wildman–Crippen LogP) is 2.60. The standard InChI is InChI=1S/C22H20F3N3O4/c1-14(26)19(21(30)28-31)27-20(29)17-10-6-15(7-11-17)4-2-3-5-16-8-12-18(13-9-16)32-22(23,24)25/h2,4,6-14,19,31H,26H2,1H3,(H,27,29)(H,28,30)/b4-2+/t14-,19+/m1/s1. The lowest BCUT2D eigenvalue weighted by atomic mass is 10.1. The van der Waals surface area contributed by atoms with Crippen LogP contribution < -0.4 is 21.3 Å². The maximum absolute atomic E-state index is 12.3. The molecule has 0 saturated carbocycles. The van der Waals surface area contributed by atoms with E-state index in [4.69, 9.17) is 10.9 Å². The topological polar surface area (TPSA) is 114 Å². The van der Waals surface area contributed by atoms with Gasteiger partial charge in [0.15, 0.2) is 0 Å². The molecule has 2 aromatic rings. The van der Waals surface area contributed by atoms with E-state index >= 15 is 0 Å². The van der Waals surface area contributed by atoms with E-state index in [1.807, 2.05) is 0 Å². The van der Waals surface area contributed by atoms with Gasteiger partial charge < -0.3 is 15.8 Å². The van der Waals surface area contributed by atoms with Gasteiger partial charge in [-0.25, -0.2) is 5.48 Å². The smallest absolute Gasteiger partial charge is 0.406 e. The maximum Gasteiger partial charge on any atom is 0.573 e. The van der Waals surface area contributed by atoms with E-state index in [1.165, 1.54) is 48.8 Å². The third-order valence-corrected chi connectivity index (χ3v) is 4.04. The number of hydrogen-bond acceptors (Lipinski definition) is 5. The van der Waals surface area contributed by atoms with Gasteiger partial charge >= 0.3 is 6.36 Å². The summed E-state index contributed by atoms with van der Waals surface area (Å²) < 4.78 is 40.2. The molecule has 168 valence electrons. The number of benzene rings is 2. The minimum atomic E-state index is -4.75. The first-order valence-corrected chi connectivity index (χ1v) is 9.23. The minimum Gasteiger partial charge on any atom is -0.406 e. The van der Waals surface area contributed by atoms with Crippen LogP contribution in [0.25, 0.3) is 6.08 Å². The molecule has 2 amide bonds. The summed E-state index contributed by atoms with van der Waals surface area (Å²) >= 11 is 0. The average Bonchev–Trinajstić information content (AvgIpc) is 2.74. The predicted molar refractivity (Wildman–Crippen MR) is 110 cm³/mol. The number of nitrogens with two attached hydrogens (primary N) is 1. The quantitative estimate of drug-likeness (QED) is 0.309. The lowest BCUT2D eigenvalue weighted by Gasteiger charge is -2.20. The third-order valence-electron chi connectivity index (χ3n) is 4.04. The molecule has 0 aliphatic heterocycles. The molecule has 0 saturated heterocycles. The molecule has 5 N–H and O–H groups in total. The molecule has 0 aliphatic carbocycles. The lowest BCUT2D eigenvalue weighted by Crippen LogP contribution is -2.54. The second-order valence-corrected chi connectivity index (χ2v) is 6.58. The van der Waals surface area contributed by atoms with Gasteiger partial charge in [-0.1, -0.05) is 24.0 Å². The van der Waals surface area contributed by atoms with Crippen LogP contribution in [0.4, 0.5) is 13.2 Å². The fraction of sp³-hybridized carbons (Fsp3) is 0.182. The van der Waals surface area contributed by atoms with Crippen molar-refractivity contribution >= 4 is 17.9 Å². The van der Waals surface area contributed by atoms with E-state index in [0.29, 0.717) is 5.56 Å². The highest BCUT2D eigenvalue weighted by Gasteiger charge is 2.30. The van der Waals surface area contributed by atoms with Gasteiger partial charge in [-0.15, -0.1) is 13.2 Å². The second kappa shape index (κ2) is 11.0. The first kappa shape index (κ1) is 24.5. The largest absolute Gasteiger partial charge is 0.573 e. The first-order valence-electron chi connectivity index (χ1n) is 9.23. The highest BCUT2D eigenvalue weighted by Crippen LogP contribution is 2.22. The zero-order valence-electron chi connectivity index (χ0n) is 16.8. The monoisotopic (exact) mass is 447 g/mol. The van der Waals surface area contributed by atoms with Crippen LogP contribution >= 0.6 is 0 Å². The fourth-order valence-corrected chi connectivity index (χ4v) is 2.48. The molecule has 0 radical (unpaired) electrons. The Kier molecular flexibility index (Phi) is 8.40. The molecule has 2 rings (SSSR count). The minimum absolute atomic E-state index is 0.283. The number of hydroxylamine groups is 1. The van der Waals surface area contributed by atoms with E-state index in [0.717, 1.165) is 5.56 Å². The Labute approximate surface area is 182 Å². The summed E-state index contributed by atoms with van der Waals surface area (Å²) in [5.41, 5.74) is 8.63. The van der Waals surface area contributed by atoms with Crippen LogP contribution in [-0.2, 0) is 4.79 Å². The zero-order valence-corrected chi connectivity index (χ0v) is 16.8. The van der Waals surface area contributed by atoms with E-state index < -0.39 is 30.3 Å². The summed E-state index contributed by atoms with van der Waals surface area (Å²) in [6.07, 6.45) is -1.52. The average molecular weight is 447 g/mol. The van der Waals surface area contributed by atoms with Crippen LogP contribution in [0.2, 0.25) is 0 Å². The molecule has 2 atom stereocenters. The Bertz CT molecular complexity index is 1020. The molecule has 0 heterocycles. The number of halogens is 3. The van der Waals surface area contributed by atoms with Crippen LogP contribution in [0.5, 0.6) is 5.75 Å². The SMILES string of the molecule is C[C@@H](N)[C@H](NC(=O)c1ccc(/C=C/C#Cc2ccc(OC(F)(F)F)cc2)cc1)C(=O)NO. The van der Waals surface area contributed by atoms with Gasteiger partial charge in [0.25, 0.3) is 11.8 Å². The number of alkyl halides is 3. The highest BCUT2D eigenvalue weighted by molar-refractivity contribution is 5.97. The number of nitrogens with one attached hydrogen (secondary N) is 2.